The summed E-state index contributed by atoms with van der Waals surface area (Å²) in [6.45, 7) is 10.7. The van der Waals surface area contributed by atoms with E-state index in [0.29, 0.717) is 0 Å². The molecule has 136 valence electrons. The smallest absolute Gasteiger partial charge is 0.420 e. The summed E-state index contributed by atoms with van der Waals surface area (Å²) in [5.74, 6) is 0. The van der Waals surface area contributed by atoms with Gasteiger partial charge < -0.3 is 9.47 Å². The zero-order chi connectivity index (χ0) is 18.4. The molecule has 0 aliphatic heterocycles. The Labute approximate surface area is 145 Å². The molecule has 1 saturated carbocycles. The molecule has 1 fully saturated rings. The second-order valence-corrected chi connectivity index (χ2v) is 8.08. The maximum atomic E-state index is 12.3. The molecule has 0 atom stereocenters. The Morgan fingerprint density at radius 3 is 1.83 bits per heavy atom. The molecule has 5 nitrogen and oxygen atoms in total. The third-order valence-corrected chi connectivity index (χ3v) is 3.26. The van der Waals surface area contributed by atoms with Gasteiger partial charge in [-0.2, -0.15) is 0 Å². The summed E-state index contributed by atoms with van der Waals surface area (Å²) < 4.78 is 10.6. The van der Waals surface area contributed by atoms with Crippen molar-refractivity contribution in [3.8, 4) is 0 Å². The van der Waals surface area contributed by atoms with Crippen LogP contribution in [0.2, 0.25) is 0 Å². The minimum atomic E-state index is -0.705. The van der Waals surface area contributed by atoms with E-state index in [-0.39, 0.29) is 6.54 Å². The van der Waals surface area contributed by atoms with Crippen molar-refractivity contribution in [3.05, 3.63) is 17.4 Å². The summed E-state index contributed by atoms with van der Waals surface area (Å²) in [5, 5.41) is 0. The van der Waals surface area contributed by atoms with Gasteiger partial charge in [-0.15, -0.1) is 5.73 Å². The van der Waals surface area contributed by atoms with Crippen molar-refractivity contribution < 1.29 is 19.1 Å². The fourth-order valence-electron chi connectivity index (χ4n) is 2.26. The van der Waals surface area contributed by atoms with E-state index in [1.807, 2.05) is 0 Å². The van der Waals surface area contributed by atoms with E-state index in [0.717, 1.165) is 17.7 Å². The van der Waals surface area contributed by atoms with Crippen LogP contribution in [-0.4, -0.2) is 34.8 Å². The summed E-state index contributed by atoms with van der Waals surface area (Å²) in [6, 6.07) is 0. The van der Waals surface area contributed by atoms with E-state index in [1.165, 1.54) is 24.8 Å². The Hall–Kier alpha value is -1.74. The van der Waals surface area contributed by atoms with Crippen molar-refractivity contribution in [1.29, 1.82) is 0 Å². The second-order valence-electron chi connectivity index (χ2n) is 8.08. The molecule has 1 aliphatic rings. The summed E-state index contributed by atoms with van der Waals surface area (Å²) in [5.41, 5.74) is 3.11. The first kappa shape index (κ1) is 20.3. The van der Waals surface area contributed by atoms with Gasteiger partial charge in [-0.25, -0.2) is 14.5 Å². The van der Waals surface area contributed by atoms with E-state index in [9.17, 15) is 9.59 Å². The summed E-state index contributed by atoms with van der Waals surface area (Å²) in [4.78, 5) is 25.6. The van der Waals surface area contributed by atoms with Crippen LogP contribution in [-0.2, 0) is 9.47 Å². The van der Waals surface area contributed by atoms with Gasteiger partial charge in [-0.1, -0.05) is 6.42 Å². The van der Waals surface area contributed by atoms with Gasteiger partial charge >= 0.3 is 12.2 Å². The number of imide groups is 1. The fourth-order valence-corrected chi connectivity index (χ4v) is 2.26. The summed E-state index contributed by atoms with van der Waals surface area (Å²) in [7, 11) is 0. The average molecular weight is 337 g/mol. The molecule has 2 amide bonds. The van der Waals surface area contributed by atoms with Gasteiger partial charge in [0.15, 0.2) is 0 Å². The highest BCUT2D eigenvalue weighted by Gasteiger charge is 2.30. The summed E-state index contributed by atoms with van der Waals surface area (Å²) in [6.07, 6.45) is 5.99. The lowest BCUT2D eigenvalue weighted by atomic mass is 9.96. The van der Waals surface area contributed by atoms with Crippen molar-refractivity contribution in [1.82, 2.24) is 4.90 Å². The monoisotopic (exact) mass is 337 g/mol. The van der Waals surface area contributed by atoms with Gasteiger partial charge in [-0.05, 0) is 78.9 Å². The highest BCUT2D eigenvalue weighted by molar-refractivity contribution is 5.88. The van der Waals surface area contributed by atoms with Crippen molar-refractivity contribution in [2.24, 2.45) is 0 Å². The van der Waals surface area contributed by atoms with Crippen LogP contribution in [0.5, 0.6) is 0 Å². The maximum Gasteiger partial charge on any atom is 0.420 e. The van der Waals surface area contributed by atoms with E-state index in [1.54, 1.807) is 47.6 Å². The first-order valence-corrected chi connectivity index (χ1v) is 8.64. The molecular weight excluding hydrogens is 306 g/mol. The largest absolute Gasteiger partial charge is 0.443 e. The Bertz CT molecular complexity index is 480. The van der Waals surface area contributed by atoms with E-state index in [4.69, 9.17) is 9.47 Å². The van der Waals surface area contributed by atoms with Crippen LogP contribution in [0.25, 0.3) is 0 Å². The maximum absolute atomic E-state index is 12.3. The van der Waals surface area contributed by atoms with E-state index >= 15 is 0 Å². The second kappa shape index (κ2) is 8.39. The SMILES string of the molecule is CC(C)(C)OC(=O)N(CC=C=C1CCCCC1)C(=O)OC(C)(C)C. The Morgan fingerprint density at radius 2 is 1.42 bits per heavy atom. The van der Waals surface area contributed by atoms with Gasteiger partial charge in [0.05, 0.1) is 6.54 Å². The number of hydrogen-bond acceptors (Lipinski definition) is 4. The number of ether oxygens (including phenoxy) is 2. The highest BCUT2D eigenvalue weighted by atomic mass is 16.6. The molecule has 0 N–H and O–H groups in total. The molecule has 1 rings (SSSR count). The first-order chi connectivity index (χ1) is 11.0. The number of carbonyl (C=O) groups is 2. The predicted octanol–water partition coefficient (Wildman–Crippen LogP) is 5.20. The molecule has 5 heteroatoms. The topological polar surface area (TPSA) is 55.8 Å². The third-order valence-electron chi connectivity index (χ3n) is 3.26. The lowest BCUT2D eigenvalue weighted by Crippen LogP contribution is -2.43. The van der Waals surface area contributed by atoms with Crippen LogP contribution in [0.15, 0.2) is 17.4 Å². The zero-order valence-corrected chi connectivity index (χ0v) is 15.9. The molecule has 0 aromatic rings. The molecule has 0 saturated heterocycles. The average Bonchev–Trinajstić information content (AvgIpc) is 2.40. The standard InChI is InChI=1S/C19H31NO4/c1-18(2,3)23-16(21)20(17(22)24-19(4,5)6)14-10-13-15-11-8-7-9-12-15/h10H,7-9,11-12,14H2,1-6H3. The van der Waals surface area contributed by atoms with Gasteiger partial charge in [0.2, 0.25) is 0 Å². The molecule has 24 heavy (non-hydrogen) atoms. The molecule has 0 spiro atoms. The predicted molar refractivity (Wildman–Crippen MR) is 93.9 cm³/mol. The van der Waals surface area contributed by atoms with Crippen molar-refractivity contribution in [2.45, 2.75) is 84.8 Å². The quantitative estimate of drug-likeness (QED) is 0.650. The van der Waals surface area contributed by atoms with Crippen molar-refractivity contribution >= 4 is 12.2 Å². The van der Waals surface area contributed by atoms with Gasteiger partial charge in [0.25, 0.3) is 0 Å². The van der Waals surface area contributed by atoms with Crippen LogP contribution >= 0.6 is 0 Å². The third kappa shape index (κ3) is 8.21. The number of amides is 2. The minimum Gasteiger partial charge on any atom is -0.443 e. The Balaban J connectivity index is 2.85. The van der Waals surface area contributed by atoms with Crippen LogP contribution in [0.4, 0.5) is 9.59 Å². The molecule has 0 unspecified atom stereocenters. The summed E-state index contributed by atoms with van der Waals surface area (Å²) >= 11 is 0. The van der Waals surface area contributed by atoms with Crippen molar-refractivity contribution in [2.75, 3.05) is 6.54 Å². The normalized spacial score (nSPS) is 15.3. The Morgan fingerprint density at radius 1 is 0.958 bits per heavy atom. The molecule has 0 heterocycles. The van der Waals surface area contributed by atoms with Crippen LogP contribution in [0, 0.1) is 0 Å². The molecule has 0 aromatic heterocycles. The molecule has 0 bridgehead atoms. The molecule has 0 radical (unpaired) electrons. The van der Waals surface area contributed by atoms with Gasteiger partial charge in [0.1, 0.15) is 11.2 Å². The zero-order valence-electron chi connectivity index (χ0n) is 15.9. The molecular formula is C19H31NO4. The number of rotatable bonds is 2. The fraction of sp³-hybridized carbons (Fsp3) is 0.737. The number of nitrogens with zero attached hydrogens (tertiary/aromatic N) is 1. The van der Waals surface area contributed by atoms with Crippen LogP contribution < -0.4 is 0 Å². The minimum absolute atomic E-state index is 0.0906. The Kier molecular flexibility index (Phi) is 7.09. The van der Waals surface area contributed by atoms with Gasteiger partial charge in [-0.3, -0.25) is 0 Å². The van der Waals surface area contributed by atoms with Crippen LogP contribution in [0.3, 0.4) is 0 Å². The lowest BCUT2D eigenvalue weighted by Gasteiger charge is -2.27. The molecule has 1 aliphatic carbocycles. The number of carbonyl (C=O) groups excluding carboxylic acids is 2. The highest BCUT2D eigenvalue weighted by Crippen LogP contribution is 2.21. The molecule has 0 aromatic carbocycles. The first-order valence-electron chi connectivity index (χ1n) is 8.64. The van der Waals surface area contributed by atoms with Gasteiger partial charge in [0, 0.05) is 0 Å². The van der Waals surface area contributed by atoms with Crippen LogP contribution in [0.1, 0.15) is 73.6 Å². The number of hydrogen-bond donors (Lipinski definition) is 0. The van der Waals surface area contributed by atoms with E-state index < -0.39 is 23.4 Å². The van der Waals surface area contributed by atoms with E-state index in [2.05, 4.69) is 5.73 Å². The lowest BCUT2D eigenvalue weighted by molar-refractivity contribution is 0.00374. The van der Waals surface area contributed by atoms with Crippen molar-refractivity contribution in [3.63, 3.8) is 0 Å².